The van der Waals surface area contributed by atoms with Gasteiger partial charge in [-0.15, -0.1) is 0 Å². The Labute approximate surface area is 217 Å². The Hall–Kier alpha value is -3.41. The second-order valence-corrected chi connectivity index (χ2v) is 9.76. The zero-order chi connectivity index (χ0) is 24.8. The molecule has 1 amide bonds. The van der Waals surface area contributed by atoms with Crippen LogP contribution in [0.3, 0.4) is 0 Å². The molecule has 1 heterocycles. The Bertz CT molecular complexity index is 1300. The van der Waals surface area contributed by atoms with Gasteiger partial charge in [0, 0.05) is 15.7 Å². The summed E-state index contributed by atoms with van der Waals surface area (Å²) in [7, 11) is 1.57. The van der Waals surface area contributed by atoms with E-state index in [-0.39, 0.29) is 18.0 Å². The monoisotopic (exact) mass is 549 g/mol. The summed E-state index contributed by atoms with van der Waals surface area (Å²) < 4.78 is 12.3. The van der Waals surface area contributed by atoms with E-state index in [1.807, 2.05) is 48.5 Å². The largest absolute Gasteiger partial charge is 0.493 e. The molecule has 2 N–H and O–H groups in total. The lowest BCUT2D eigenvalue weighted by molar-refractivity contribution is -0.116. The average Bonchev–Trinajstić information content (AvgIpc) is 3.22. The van der Waals surface area contributed by atoms with Gasteiger partial charge in [-0.05, 0) is 54.0 Å². The first kappa shape index (κ1) is 24.7. The van der Waals surface area contributed by atoms with Gasteiger partial charge in [-0.1, -0.05) is 64.9 Å². The number of nitriles is 1. The molecule has 8 heteroatoms. The van der Waals surface area contributed by atoms with Crippen molar-refractivity contribution in [2.24, 2.45) is 0 Å². The van der Waals surface area contributed by atoms with E-state index < -0.39 is 0 Å². The number of carbonyl (C=O) groups excluding carboxylic acids is 1. The lowest BCUT2D eigenvalue weighted by Crippen LogP contribution is -2.30. The molecule has 1 aliphatic heterocycles. The van der Waals surface area contributed by atoms with Crippen molar-refractivity contribution in [1.82, 2.24) is 5.32 Å². The van der Waals surface area contributed by atoms with Crippen LogP contribution in [0.5, 0.6) is 11.5 Å². The number of nitrogens with zero attached hydrogens (tertiary/aromatic N) is 1. The van der Waals surface area contributed by atoms with E-state index in [0.717, 1.165) is 27.7 Å². The zero-order valence-electron chi connectivity index (χ0n) is 19.3. The predicted molar refractivity (Wildman–Crippen MR) is 143 cm³/mol. The van der Waals surface area contributed by atoms with Crippen LogP contribution in [0.1, 0.15) is 29.2 Å². The van der Waals surface area contributed by atoms with Crippen LogP contribution in [-0.2, 0) is 17.8 Å². The van der Waals surface area contributed by atoms with Crippen molar-refractivity contribution >= 4 is 45.4 Å². The van der Waals surface area contributed by atoms with Gasteiger partial charge < -0.3 is 20.1 Å². The van der Waals surface area contributed by atoms with E-state index in [2.05, 4.69) is 51.7 Å². The minimum absolute atomic E-state index is 0.142. The molecule has 0 aliphatic carbocycles. The molecule has 35 heavy (non-hydrogen) atoms. The molecule has 1 aliphatic rings. The third-order valence-electron chi connectivity index (χ3n) is 5.48. The number of hydrogen-bond acceptors (Lipinski definition) is 6. The summed E-state index contributed by atoms with van der Waals surface area (Å²) in [6, 6.07) is 21.3. The molecule has 4 rings (SSSR count). The summed E-state index contributed by atoms with van der Waals surface area (Å²) in [5, 5.41) is 15.6. The Balaban J connectivity index is 1.48. The Morgan fingerprint density at radius 3 is 2.66 bits per heavy atom. The summed E-state index contributed by atoms with van der Waals surface area (Å²) in [6.45, 7) is 2.35. The van der Waals surface area contributed by atoms with Crippen LogP contribution in [0, 0.1) is 11.3 Å². The number of benzene rings is 3. The quantitative estimate of drug-likeness (QED) is 0.332. The molecule has 6 nitrogen and oxygen atoms in total. The van der Waals surface area contributed by atoms with Crippen molar-refractivity contribution in [3.8, 4) is 17.6 Å². The van der Waals surface area contributed by atoms with Gasteiger partial charge in [-0.3, -0.25) is 4.79 Å². The number of amides is 1. The van der Waals surface area contributed by atoms with Crippen molar-refractivity contribution in [2.45, 2.75) is 25.4 Å². The molecule has 1 saturated heterocycles. The zero-order valence-corrected chi connectivity index (χ0v) is 21.7. The Kier molecular flexibility index (Phi) is 8.01. The van der Waals surface area contributed by atoms with Crippen LogP contribution < -0.4 is 20.1 Å². The molecule has 1 fully saturated rings. The van der Waals surface area contributed by atoms with Crippen molar-refractivity contribution in [3.05, 3.63) is 92.3 Å². The topological polar surface area (TPSA) is 83.4 Å². The fraction of sp³-hybridized carbons (Fsp3) is 0.185. The third kappa shape index (κ3) is 5.99. The second kappa shape index (κ2) is 11.3. The van der Waals surface area contributed by atoms with E-state index in [4.69, 9.17) is 9.47 Å². The summed E-state index contributed by atoms with van der Waals surface area (Å²) >= 11 is 5.01. The standard InChI is InChI=1S/C27H24BrN3O3S/c1-3-17-8-10-21(11-9-17)30-27-31-26(32)25(35-27)13-20-12-23(33-2)24(14-22(20)28)34-16-19-7-5-4-6-18(19)15-29/h4-14,27,30H,3,16H2,1-2H3,(H,31,32)/b25-13-/t27-/m0/s1. The number of halogens is 1. The Morgan fingerprint density at radius 2 is 1.94 bits per heavy atom. The van der Waals surface area contributed by atoms with Crippen molar-refractivity contribution in [2.75, 3.05) is 12.4 Å². The van der Waals surface area contributed by atoms with E-state index in [0.29, 0.717) is 22.0 Å². The number of nitrogens with one attached hydrogen (secondary N) is 2. The fourth-order valence-electron chi connectivity index (χ4n) is 3.54. The second-order valence-electron chi connectivity index (χ2n) is 7.76. The van der Waals surface area contributed by atoms with Crippen LogP contribution in [0.4, 0.5) is 5.69 Å². The van der Waals surface area contributed by atoms with Gasteiger partial charge >= 0.3 is 0 Å². The maximum absolute atomic E-state index is 12.6. The lowest BCUT2D eigenvalue weighted by Gasteiger charge is -2.14. The highest BCUT2D eigenvalue weighted by molar-refractivity contribution is 9.10. The number of anilines is 1. The minimum atomic E-state index is -0.260. The maximum Gasteiger partial charge on any atom is 0.260 e. The maximum atomic E-state index is 12.6. The van der Waals surface area contributed by atoms with Crippen LogP contribution >= 0.6 is 27.7 Å². The molecule has 178 valence electrons. The van der Waals surface area contributed by atoms with E-state index >= 15 is 0 Å². The number of rotatable bonds is 8. The van der Waals surface area contributed by atoms with E-state index in [9.17, 15) is 10.1 Å². The molecule has 1 atom stereocenters. The highest BCUT2D eigenvalue weighted by atomic mass is 79.9. The summed E-state index contributed by atoms with van der Waals surface area (Å²) in [6.07, 6.45) is 2.81. The molecule has 0 unspecified atom stereocenters. The van der Waals surface area contributed by atoms with Gasteiger partial charge in [-0.25, -0.2) is 0 Å². The third-order valence-corrected chi connectivity index (χ3v) is 7.20. The number of thioether (sulfide) groups is 1. The first-order valence-corrected chi connectivity index (χ1v) is 12.7. The van der Waals surface area contributed by atoms with Crippen LogP contribution in [-0.4, -0.2) is 18.5 Å². The number of carbonyl (C=O) groups is 1. The number of ether oxygens (including phenoxy) is 2. The minimum Gasteiger partial charge on any atom is -0.493 e. The first-order valence-electron chi connectivity index (χ1n) is 11.0. The normalized spacial score (nSPS) is 16.0. The average molecular weight is 550 g/mol. The molecule has 0 radical (unpaired) electrons. The number of aryl methyl sites for hydroxylation is 1. The van der Waals surface area contributed by atoms with Gasteiger partial charge in [0.15, 0.2) is 17.0 Å². The summed E-state index contributed by atoms with van der Waals surface area (Å²) in [5.74, 6) is 0.924. The number of methoxy groups -OCH3 is 1. The predicted octanol–water partition coefficient (Wildman–Crippen LogP) is 6.07. The van der Waals surface area contributed by atoms with Gasteiger partial charge in [0.25, 0.3) is 5.91 Å². The molecule has 3 aromatic rings. The molecule has 0 bridgehead atoms. The molecular weight excluding hydrogens is 526 g/mol. The van der Waals surface area contributed by atoms with Crippen LogP contribution in [0.15, 0.2) is 70.0 Å². The summed E-state index contributed by atoms with van der Waals surface area (Å²) in [4.78, 5) is 13.2. The van der Waals surface area contributed by atoms with Gasteiger partial charge in [0.05, 0.1) is 23.6 Å². The van der Waals surface area contributed by atoms with Crippen molar-refractivity contribution < 1.29 is 14.3 Å². The van der Waals surface area contributed by atoms with Gasteiger partial charge in [0.1, 0.15) is 6.61 Å². The lowest BCUT2D eigenvalue weighted by atomic mass is 10.1. The van der Waals surface area contributed by atoms with Crippen molar-refractivity contribution in [3.63, 3.8) is 0 Å². The van der Waals surface area contributed by atoms with E-state index in [1.165, 1.54) is 17.3 Å². The first-order chi connectivity index (χ1) is 17.0. The summed E-state index contributed by atoms with van der Waals surface area (Å²) in [5.41, 5.74) is 4.10. The molecule has 0 saturated carbocycles. The van der Waals surface area contributed by atoms with Gasteiger partial charge in [-0.2, -0.15) is 5.26 Å². The SMILES string of the molecule is CCc1ccc(N[C@H]2NC(=O)/C(=C/c3cc(OC)c(OCc4ccccc4C#N)cc3Br)S2)cc1. The fourth-order valence-corrected chi connectivity index (χ4v) is 4.95. The van der Waals surface area contributed by atoms with Crippen LogP contribution in [0.2, 0.25) is 0 Å². The molecule has 0 aromatic heterocycles. The van der Waals surface area contributed by atoms with E-state index in [1.54, 1.807) is 13.2 Å². The highest BCUT2D eigenvalue weighted by Gasteiger charge is 2.27. The molecule has 0 spiro atoms. The number of hydrogen-bond donors (Lipinski definition) is 2. The van der Waals surface area contributed by atoms with Crippen LogP contribution in [0.25, 0.3) is 6.08 Å². The highest BCUT2D eigenvalue weighted by Crippen LogP contribution is 2.37. The van der Waals surface area contributed by atoms with Crippen molar-refractivity contribution in [1.29, 1.82) is 5.26 Å². The molecule has 3 aromatic carbocycles. The Morgan fingerprint density at radius 1 is 1.17 bits per heavy atom. The molecular formula is C27H24BrN3O3S. The van der Waals surface area contributed by atoms with Gasteiger partial charge in [0.2, 0.25) is 0 Å². The smallest absolute Gasteiger partial charge is 0.260 e.